The predicted octanol–water partition coefficient (Wildman–Crippen LogP) is -0.343. The summed E-state index contributed by atoms with van der Waals surface area (Å²) in [5, 5.41) is 21.5. The molecule has 1 aromatic rings. The standard InChI is InChI=1S/C15H21BN2O4/c1-11-4-6-12(7-5-11)9-13(16(21)22)17-14(19)10-18-8-2-3-15(18)20/h4-7,13,21-22H,2-3,8-10H2,1H3,(H,17,19). The highest BCUT2D eigenvalue weighted by Crippen LogP contribution is 2.10. The van der Waals surface area contributed by atoms with Crippen molar-refractivity contribution in [3.63, 3.8) is 0 Å². The number of rotatable bonds is 6. The SMILES string of the molecule is Cc1ccc(CC(NC(=O)CN2CCCC2=O)B(O)O)cc1. The maximum atomic E-state index is 12.0. The lowest BCUT2D eigenvalue weighted by molar-refractivity contribution is -0.133. The fourth-order valence-corrected chi connectivity index (χ4v) is 2.51. The van der Waals surface area contributed by atoms with Gasteiger partial charge in [-0.25, -0.2) is 0 Å². The van der Waals surface area contributed by atoms with Crippen LogP contribution in [0.4, 0.5) is 0 Å². The number of nitrogens with zero attached hydrogens (tertiary/aromatic N) is 1. The molecule has 1 unspecified atom stereocenters. The fourth-order valence-electron chi connectivity index (χ4n) is 2.51. The third-order valence-corrected chi connectivity index (χ3v) is 3.79. The van der Waals surface area contributed by atoms with E-state index in [9.17, 15) is 19.6 Å². The molecular formula is C15H21BN2O4. The van der Waals surface area contributed by atoms with E-state index >= 15 is 0 Å². The van der Waals surface area contributed by atoms with Gasteiger partial charge >= 0.3 is 7.12 Å². The van der Waals surface area contributed by atoms with Crippen molar-refractivity contribution in [2.75, 3.05) is 13.1 Å². The molecule has 0 saturated carbocycles. The van der Waals surface area contributed by atoms with Gasteiger partial charge in [0, 0.05) is 13.0 Å². The van der Waals surface area contributed by atoms with Gasteiger partial charge in [-0.15, -0.1) is 0 Å². The summed E-state index contributed by atoms with van der Waals surface area (Å²) in [6, 6.07) is 7.64. The van der Waals surface area contributed by atoms with E-state index in [2.05, 4.69) is 5.32 Å². The van der Waals surface area contributed by atoms with Gasteiger partial charge in [-0.2, -0.15) is 0 Å². The van der Waals surface area contributed by atoms with Crippen LogP contribution in [0.2, 0.25) is 0 Å². The molecule has 0 aliphatic carbocycles. The molecule has 7 heteroatoms. The average Bonchev–Trinajstić information content (AvgIpc) is 2.85. The van der Waals surface area contributed by atoms with Crippen molar-refractivity contribution in [3.8, 4) is 0 Å². The zero-order valence-electron chi connectivity index (χ0n) is 12.7. The van der Waals surface area contributed by atoms with Gasteiger partial charge in [0.15, 0.2) is 0 Å². The summed E-state index contributed by atoms with van der Waals surface area (Å²) in [7, 11) is -1.65. The normalized spacial score (nSPS) is 15.8. The molecule has 1 fully saturated rings. The lowest BCUT2D eigenvalue weighted by atomic mass is 9.76. The third-order valence-electron chi connectivity index (χ3n) is 3.79. The van der Waals surface area contributed by atoms with Gasteiger partial charge in [-0.3, -0.25) is 9.59 Å². The van der Waals surface area contributed by atoms with Gasteiger partial charge in [0.25, 0.3) is 0 Å². The zero-order chi connectivity index (χ0) is 16.1. The van der Waals surface area contributed by atoms with Crippen LogP contribution >= 0.6 is 0 Å². The molecule has 0 bridgehead atoms. The summed E-state index contributed by atoms with van der Waals surface area (Å²) in [5.74, 6) is -1.21. The maximum Gasteiger partial charge on any atom is 0.475 e. The van der Waals surface area contributed by atoms with Crippen molar-refractivity contribution in [2.24, 2.45) is 0 Å². The number of hydrogen-bond donors (Lipinski definition) is 3. The van der Waals surface area contributed by atoms with E-state index in [0.717, 1.165) is 17.5 Å². The van der Waals surface area contributed by atoms with E-state index in [1.807, 2.05) is 31.2 Å². The molecule has 1 saturated heterocycles. The van der Waals surface area contributed by atoms with Crippen LogP contribution in [0.3, 0.4) is 0 Å². The van der Waals surface area contributed by atoms with E-state index in [1.54, 1.807) is 0 Å². The molecule has 1 aromatic carbocycles. The molecule has 0 aromatic heterocycles. The summed E-state index contributed by atoms with van der Waals surface area (Å²) in [5.41, 5.74) is 2.02. The lowest BCUT2D eigenvalue weighted by Crippen LogP contribution is -2.50. The first kappa shape index (κ1) is 16.5. The molecule has 3 N–H and O–H groups in total. The minimum absolute atomic E-state index is 0.0318. The number of benzene rings is 1. The number of hydrogen-bond acceptors (Lipinski definition) is 4. The average molecular weight is 304 g/mol. The van der Waals surface area contributed by atoms with Crippen molar-refractivity contribution >= 4 is 18.9 Å². The molecule has 1 heterocycles. The van der Waals surface area contributed by atoms with Crippen LogP contribution in [0, 0.1) is 6.92 Å². The van der Waals surface area contributed by atoms with E-state index < -0.39 is 13.1 Å². The molecule has 6 nitrogen and oxygen atoms in total. The Kier molecular flexibility index (Phi) is 5.57. The molecule has 1 atom stereocenters. The summed E-state index contributed by atoms with van der Waals surface area (Å²) in [6.07, 6.45) is 1.56. The molecule has 2 rings (SSSR count). The van der Waals surface area contributed by atoms with Crippen LogP contribution in [0.15, 0.2) is 24.3 Å². The van der Waals surface area contributed by atoms with Crippen molar-refractivity contribution in [1.29, 1.82) is 0 Å². The van der Waals surface area contributed by atoms with E-state index in [1.165, 1.54) is 4.90 Å². The molecular weight excluding hydrogens is 283 g/mol. The Hall–Kier alpha value is -1.86. The topological polar surface area (TPSA) is 89.9 Å². The predicted molar refractivity (Wildman–Crippen MR) is 82.8 cm³/mol. The molecule has 0 spiro atoms. The van der Waals surface area contributed by atoms with Gasteiger partial charge in [0.2, 0.25) is 11.8 Å². The maximum absolute atomic E-state index is 12.0. The number of carbonyl (C=O) groups excluding carboxylic acids is 2. The van der Waals surface area contributed by atoms with Crippen LogP contribution < -0.4 is 5.32 Å². The molecule has 1 aliphatic rings. The van der Waals surface area contributed by atoms with Crippen molar-refractivity contribution in [3.05, 3.63) is 35.4 Å². The second-order valence-corrected chi connectivity index (χ2v) is 5.70. The highest BCUT2D eigenvalue weighted by atomic mass is 16.4. The van der Waals surface area contributed by atoms with E-state index in [-0.39, 0.29) is 18.4 Å². The van der Waals surface area contributed by atoms with Gasteiger partial charge in [-0.1, -0.05) is 29.8 Å². The minimum Gasteiger partial charge on any atom is -0.426 e. The Bertz CT molecular complexity index is 533. The largest absolute Gasteiger partial charge is 0.475 e. The summed E-state index contributed by atoms with van der Waals surface area (Å²) in [6.45, 7) is 2.52. The Labute approximate surface area is 130 Å². The van der Waals surface area contributed by atoms with Crippen molar-refractivity contribution in [2.45, 2.75) is 32.1 Å². The number of aryl methyl sites for hydroxylation is 1. The van der Waals surface area contributed by atoms with E-state index in [0.29, 0.717) is 19.4 Å². The summed E-state index contributed by atoms with van der Waals surface area (Å²) >= 11 is 0. The Morgan fingerprint density at radius 3 is 2.59 bits per heavy atom. The molecule has 22 heavy (non-hydrogen) atoms. The zero-order valence-corrected chi connectivity index (χ0v) is 12.7. The highest BCUT2D eigenvalue weighted by Gasteiger charge is 2.28. The van der Waals surface area contributed by atoms with Gasteiger partial charge in [0.1, 0.15) is 0 Å². The van der Waals surface area contributed by atoms with Crippen LogP contribution in [-0.2, 0) is 16.0 Å². The van der Waals surface area contributed by atoms with Gasteiger partial charge < -0.3 is 20.3 Å². The Morgan fingerprint density at radius 2 is 2.05 bits per heavy atom. The lowest BCUT2D eigenvalue weighted by Gasteiger charge is -2.20. The van der Waals surface area contributed by atoms with Crippen LogP contribution in [0.5, 0.6) is 0 Å². The first-order chi connectivity index (χ1) is 10.5. The second kappa shape index (κ2) is 7.42. The number of amides is 2. The first-order valence-electron chi connectivity index (χ1n) is 7.44. The van der Waals surface area contributed by atoms with Gasteiger partial charge in [0.05, 0.1) is 12.5 Å². The van der Waals surface area contributed by atoms with Gasteiger partial charge in [-0.05, 0) is 25.3 Å². The minimum atomic E-state index is -1.65. The summed E-state index contributed by atoms with van der Waals surface area (Å²) < 4.78 is 0. The quantitative estimate of drug-likeness (QED) is 0.627. The van der Waals surface area contributed by atoms with E-state index in [4.69, 9.17) is 0 Å². The van der Waals surface area contributed by atoms with Crippen LogP contribution in [-0.4, -0.2) is 52.9 Å². The third kappa shape index (κ3) is 4.57. The molecule has 118 valence electrons. The Morgan fingerprint density at radius 1 is 1.36 bits per heavy atom. The molecule has 2 amide bonds. The molecule has 0 radical (unpaired) electrons. The number of nitrogens with one attached hydrogen (secondary N) is 1. The smallest absolute Gasteiger partial charge is 0.426 e. The van der Waals surface area contributed by atoms with Crippen LogP contribution in [0.25, 0.3) is 0 Å². The highest BCUT2D eigenvalue weighted by molar-refractivity contribution is 6.43. The Balaban J connectivity index is 1.91. The first-order valence-corrected chi connectivity index (χ1v) is 7.44. The number of likely N-dealkylation sites (tertiary alicyclic amines) is 1. The monoisotopic (exact) mass is 304 g/mol. The van der Waals surface area contributed by atoms with Crippen LogP contribution in [0.1, 0.15) is 24.0 Å². The number of carbonyl (C=O) groups is 2. The fraction of sp³-hybridized carbons (Fsp3) is 0.467. The molecule has 1 aliphatic heterocycles. The van der Waals surface area contributed by atoms with Crippen molar-refractivity contribution < 1.29 is 19.6 Å². The second-order valence-electron chi connectivity index (χ2n) is 5.70. The summed E-state index contributed by atoms with van der Waals surface area (Å²) in [4.78, 5) is 25.0. The van der Waals surface area contributed by atoms with Crippen molar-refractivity contribution in [1.82, 2.24) is 10.2 Å².